The van der Waals surface area contributed by atoms with Crippen molar-refractivity contribution in [3.05, 3.63) is 46.8 Å². The highest BCUT2D eigenvalue weighted by molar-refractivity contribution is 6.08. The summed E-state index contributed by atoms with van der Waals surface area (Å²) in [4.78, 5) is 14.9. The molecule has 0 atom stereocenters. The molecule has 124 valence electrons. The summed E-state index contributed by atoms with van der Waals surface area (Å²) in [5.74, 6) is 0.0827. The topological polar surface area (TPSA) is 51.3 Å². The molecule has 0 bridgehead atoms. The molecule has 5 heteroatoms. The van der Waals surface area contributed by atoms with Crippen molar-refractivity contribution in [2.45, 2.75) is 40.2 Å². The van der Waals surface area contributed by atoms with Gasteiger partial charge in [0.15, 0.2) is 0 Å². The smallest absolute Gasteiger partial charge is 0.260 e. The fourth-order valence-electron chi connectivity index (χ4n) is 3.51. The van der Waals surface area contributed by atoms with E-state index in [9.17, 15) is 4.79 Å². The number of benzene rings is 1. The molecule has 0 saturated carbocycles. The summed E-state index contributed by atoms with van der Waals surface area (Å²) in [7, 11) is 0. The molecule has 0 saturated heterocycles. The number of nitrogens with two attached hydrogens (primary N) is 1. The normalized spacial score (nSPS) is 13.4. The van der Waals surface area contributed by atoms with E-state index in [4.69, 9.17) is 5.73 Å². The van der Waals surface area contributed by atoms with Crippen LogP contribution in [0.4, 0.5) is 11.4 Å². The molecule has 0 spiro atoms. The first-order valence-electron chi connectivity index (χ1n) is 7.90. The zero-order valence-corrected chi connectivity index (χ0v) is 14.7. The fraction of sp³-hybridized carbons (Fsp3) is 0.389. The molecule has 2 heterocycles. The molecule has 1 aromatic heterocycles. The Morgan fingerprint density at radius 3 is 2.70 bits per heavy atom. The van der Waals surface area contributed by atoms with Crippen LogP contribution >= 0.6 is 12.4 Å². The van der Waals surface area contributed by atoms with Crippen LogP contribution < -0.4 is 10.6 Å². The van der Waals surface area contributed by atoms with E-state index in [1.165, 1.54) is 0 Å². The zero-order valence-electron chi connectivity index (χ0n) is 13.9. The van der Waals surface area contributed by atoms with Crippen molar-refractivity contribution in [3.63, 3.8) is 0 Å². The van der Waals surface area contributed by atoms with Crippen LogP contribution in [0.25, 0.3) is 0 Å². The lowest BCUT2D eigenvalue weighted by Crippen LogP contribution is -2.36. The van der Waals surface area contributed by atoms with Crippen LogP contribution in [0.5, 0.6) is 0 Å². The Morgan fingerprint density at radius 1 is 1.30 bits per heavy atom. The van der Waals surface area contributed by atoms with Gasteiger partial charge >= 0.3 is 0 Å². The Labute approximate surface area is 143 Å². The van der Waals surface area contributed by atoms with E-state index in [2.05, 4.69) is 18.4 Å². The van der Waals surface area contributed by atoms with Gasteiger partial charge in [0.05, 0.1) is 5.56 Å². The van der Waals surface area contributed by atoms with Crippen molar-refractivity contribution < 1.29 is 4.79 Å². The number of anilines is 2. The van der Waals surface area contributed by atoms with Gasteiger partial charge in [-0.2, -0.15) is 0 Å². The van der Waals surface area contributed by atoms with Crippen molar-refractivity contribution in [2.75, 3.05) is 17.2 Å². The third-order valence-corrected chi connectivity index (χ3v) is 4.65. The molecule has 1 aliphatic rings. The highest BCUT2D eigenvalue weighted by Crippen LogP contribution is 2.32. The van der Waals surface area contributed by atoms with Crippen LogP contribution in [-0.2, 0) is 13.0 Å². The maximum Gasteiger partial charge on any atom is 0.260 e. The summed E-state index contributed by atoms with van der Waals surface area (Å²) < 4.78 is 2.18. The molecule has 0 radical (unpaired) electrons. The second-order valence-corrected chi connectivity index (χ2v) is 5.93. The van der Waals surface area contributed by atoms with Crippen LogP contribution in [0.2, 0.25) is 0 Å². The SMILES string of the molecule is CCn1c(C)cc(C(=O)N2CCCc3c(N)cccc32)c1C.Cl. The number of nitrogens with zero attached hydrogens (tertiary/aromatic N) is 2. The third-order valence-electron chi connectivity index (χ3n) is 4.65. The molecule has 3 rings (SSSR count). The molecule has 4 nitrogen and oxygen atoms in total. The number of carbonyl (C=O) groups excluding carboxylic acids is 1. The summed E-state index contributed by atoms with van der Waals surface area (Å²) in [5, 5.41) is 0. The van der Waals surface area contributed by atoms with Gasteiger partial charge in [-0.05, 0) is 57.4 Å². The number of hydrogen-bond acceptors (Lipinski definition) is 2. The number of carbonyl (C=O) groups is 1. The van der Waals surface area contributed by atoms with Crippen molar-refractivity contribution in [1.82, 2.24) is 4.57 Å². The fourth-order valence-corrected chi connectivity index (χ4v) is 3.51. The van der Waals surface area contributed by atoms with E-state index in [1.807, 2.05) is 36.1 Å². The molecule has 0 aliphatic carbocycles. The second kappa shape index (κ2) is 6.67. The molecular formula is C18H24ClN3O. The van der Waals surface area contributed by atoms with Crippen molar-refractivity contribution >= 4 is 29.7 Å². The Kier molecular flexibility index (Phi) is 5.05. The van der Waals surface area contributed by atoms with Gasteiger partial charge in [-0.25, -0.2) is 0 Å². The van der Waals surface area contributed by atoms with Crippen LogP contribution in [0, 0.1) is 13.8 Å². The molecule has 23 heavy (non-hydrogen) atoms. The molecule has 1 aliphatic heterocycles. The van der Waals surface area contributed by atoms with E-state index in [0.717, 1.165) is 59.8 Å². The van der Waals surface area contributed by atoms with Crippen LogP contribution in [0.15, 0.2) is 24.3 Å². The lowest BCUT2D eigenvalue weighted by Gasteiger charge is -2.30. The summed E-state index contributed by atoms with van der Waals surface area (Å²) in [6, 6.07) is 7.84. The lowest BCUT2D eigenvalue weighted by molar-refractivity contribution is 0.0984. The van der Waals surface area contributed by atoms with Crippen LogP contribution in [0.1, 0.15) is 40.7 Å². The van der Waals surface area contributed by atoms with Crippen molar-refractivity contribution in [3.8, 4) is 0 Å². The van der Waals surface area contributed by atoms with E-state index >= 15 is 0 Å². The van der Waals surface area contributed by atoms with E-state index in [-0.39, 0.29) is 18.3 Å². The molecule has 0 unspecified atom stereocenters. The van der Waals surface area contributed by atoms with Gasteiger partial charge in [0.25, 0.3) is 5.91 Å². The molecule has 2 aromatic rings. The first-order chi connectivity index (χ1) is 10.5. The number of rotatable bonds is 2. The zero-order chi connectivity index (χ0) is 15.9. The van der Waals surface area contributed by atoms with Gasteiger partial charge in [0, 0.05) is 35.9 Å². The predicted octanol–water partition coefficient (Wildman–Crippen LogP) is 3.72. The number of aryl methyl sites for hydroxylation is 1. The summed E-state index contributed by atoms with van der Waals surface area (Å²) in [6.07, 6.45) is 1.90. The molecular weight excluding hydrogens is 310 g/mol. The van der Waals surface area contributed by atoms with E-state index in [0.29, 0.717) is 0 Å². The average Bonchev–Trinajstić information content (AvgIpc) is 2.81. The second-order valence-electron chi connectivity index (χ2n) is 5.93. The number of fused-ring (bicyclic) bond motifs is 1. The first-order valence-corrected chi connectivity index (χ1v) is 7.90. The highest BCUT2D eigenvalue weighted by atomic mass is 35.5. The number of hydrogen-bond donors (Lipinski definition) is 1. The lowest BCUT2D eigenvalue weighted by atomic mass is 9.99. The first kappa shape index (κ1) is 17.4. The third kappa shape index (κ3) is 2.83. The standard InChI is InChI=1S/C18H23N3O.ClH/c1-4-20-12(2)11-15(13(20)3)18(22)21-10-6-7-14-16(19)8-5-9-17(14)21;/h5,8-9,11H,4,6-7,10,19H2,1-3H3;1H. The van der Waals surface area contributed by atoms with E-state index in [1.54, 1.807) is 0 Å². The Balaban J connectivity index is 0.00000192. The van der Waals surface area contributed by atoms with Crippen molar-refractivity contribution in [2.24, 2.45) is 0 Å². The Hall–Kier alpha value is -1.94. The summed E-state index contributed by atoms with van der Waals surface area (Å²) in [6.45, 7) is 7.81. The largest absolute Gasteiger partial charge is 0.398 e. The molecule has 1 amide bonds. The van der Waals surface area contributed by atoms with Crippen molar-refractivity contribution in [1.29, 1.82) is 0 Å². The summed E-state index contributed by atoms with van der Waals surface area (Å²) in [5.41, 5.74) is 11.9. The van der Waals surface area contributed by atoms with Crippen LogP contribution in [0.3, 0.4) is 0 Å². The van der Waals surface area contributed by atoms with Gasteiger partial charge in [0.2, 0.25) is 0 Å². The Bertz CT molecular complexity index is 736. The van der Waals surface area contributed by atoms with Gasteiger partial charge in [-0.3, -0.25) is 4.79 Å². The quantitative estimate of drug-likeness (QED) is 0.851. The highest BCUT2D eigenvalue weighted by Gasteiger charge is 2.27. The van der Waals surface area contributed by atoms with Gasteiger partial charge in [-0.1, -0.05) is 6.07 Å². The monoisotopic (exact) mass is 333 g/mol. The molecule has 1 aromatic carbocycles. The number of nitrogen functional groups attached to an aromatic ring is 1. The minimum atomic E-state index is 0. The minimum Gasteiger partial charge on any atom is -0.398 e. The minimum absolute atomic E-state index is 0. The van der Waals surface area contributed by atoms with E-state index < -0.39 is 0 Å². The number of halogens is 1. The molecule has 2 N–H and O–H groups in total. The predicted molar refractivity (Wildman–Crippen MR) is 97.7 cm³/mol. The van der Waals surface area contributed by atoms with Gasteiger partial charge in [-0.15, -0.1) is 12.4 Å². The van der Waals surface area contributed by atoms with Gasteiger partial charge < -0.3 is 15.2 Å². The van der Waals surface area contributed by atoms with Crippen LogP contribution in [-0.4, -0.2) is 17.0 Å². The summed E-state index contributed by atoms with van der Waals surface area (Å²) >= 11 is 0. The number of amides is 1. The average molecular weight is 334 g/mol. The number of aromatic nitrogens is 1. The molecule has 0 fully saturated rings. The Morgan fingerprint density at radius 2 is 2.04 bits per heavy atom. The van der Waals surface area contributed by atoms with Gasteiger partial charge in [0.1, 0.15) is 0 Å². The maximum absolute atomic E-state index is 13.0. The maximum atomic E-state index is 13.0.